The Morgan fingerprint density at radius 1 is 1.26 bits per heavy atom. The van der Waals surface area contributed by atoms with Crippen molar-refractivity contribution in [3.63, 3.8) is 0 Å². The minimum Gasteiger partial charge on any atom is -0.398 e. The van der Waals surface area contributed by atoms with Gasteiger partial charge in [-0.25, -0.2) is 9.97 Å². The number of aromatic nitrogens is 3. The van der Waals surface area contributed by atoms with Gasteiger partial charge in [-0.1, -0.05) is 6.07 Å². The van der Waals surface area contributed by atoms with Crippen molar-refractivity contribution in [2.24, 2.45) is 0 Å². The minimum absolute atomic E-state index is 0.0154. The normalized spacial score (nSPS) is 20.3. The number of carbonyl (C=O) groups excluding carboxylic acids is 1. The zero-order valence-corrected chi connectivity index (χ0v) is 17.7. The lowest BCUT2D eigenvalue weighted by atomic mass is 9.89. The molecule has 3 aromatic rings. The molecule has 4 N–H and O–H groups in total. The molecule has 5 rings (SSSR count). The molecule has 1 atom stereocenters. The monoisotopic (exact) mass is 420 g/mol. The second kappa shape index (κ2) is 8.28. The minimum atomic E-state index is -0.0739. The van der Waals surface area contributed by atoms with Gasteiger partial charge in [-0.2, -0.15) is 0 Å². The Hall–Kier alpha value is -2.97. The van der Waals surface area contributed by atoms with Crippen LogP contribution in [0.3, 0.4) is 0 Å². The van der Waals surface area contributed by atoms with Crippen molar-refractivity contribution in [2.75, 3.05) is 38.5 Å². The quantitative estimate of drug-likeness (QED) is 0.562. The van der Waals surface area contributed by atoms with Crippen molar-refractivity contribution in [1.82, 2.24) is 25.2 Å². The molecule has 2 fully saturated rings. The highest BCUT2D eigenvalue weighted by Crippen LogP contribution is 2.33. The molecule has 2 saturated heterocycles. The Labute approximate surface area is 181 Å². The van der Waals surface area contributed by atoms with Crippen LogP contribution in [0.15, 0.2) is 30.5 Å². The Kier molecular flexibility index (Phi) is 5.33. The molecule has 0 aliphatic carbocycles. The number of piperidine rings is 1. The molecule has 162 valence electrons. The Morgan fingerprint density at radius 2 is 2.10 bits per heavy atom. The number of nitrogen functional groups attached to an aromatic ring is 1. The number of ether oxygens (including phenoxy) is 1. The van der Waals surface area contributed by atoms with E-state index in [0.717, 1.165) is 48.5 Å². The lowest BCUT2D eigenvalue weighted by molar-refractivity contribution is 0.0228. The lowest BCUT2D eigenvalue weighted by Crippen LogP contribution is -2.38. The number of amides is 1. The molecule has 8 heteroatoms. The number of hydrogen-bond donors (Lipinski definition) is 3. The number of nitrogens with two attached hydrogens (primary N) is 1. The third kappa shape index (κ3) is 3.88. The van der Waals surface area contributed by atoms with Gasteiger partial charge in [-0.05, 0) is 55.0 Å². The Bertz CT molecular complexity index is 1100. The van der Waals surface area contributed by atoms with Gasteiger partial charge >= 0.3 is 0 Å². The highest BCUT2D eigenvalue weighted by molar-refractivity contribution is 5.99. The molecule has 0 bridgehead atoms. The van der Waals surface area contributed by atoms with Gasteiger partial charge in [-0.3, -0.25) is 4.79 Å². The number of likely N-dealkylation sites (tertiary alicyclic amines) is 1. The van der Waals surface area contributed by atoms with E-state index in [9.17, 15) is 4.79 Å². The molecule has 31 heavy (non-hydrogen) atoms. The summed E-state index contributed by atoms with van der Waals surface area (Å²) in [5.41, 5.74) is 11.2. The first-order valence-corrected chi connectivity index (χ1v) is 10.9. The number of nitrogens with zero attached hydrogens (tertiary/aromatic N) is 3. The fourth-order valence-corrected chi connectivity index (χ4v) is 4.62. The molecular formula is C23H28N6O2. The average molecular weight is 421 g/mol. The number of H-pyrrole nitrogens is 1. The summed E-state index contributed by atoms with van der Waals surface area (Å²) in [5, 5.41) is 3.34. The van der Waals surface area contributed by atoms with E-state index >= 15 is 0 Å². The summed E-state index contributed by atoms with van der Waals surface area (Å²) in [6, 6.07) is 7.70. The molecule has 1 unspecified atom stereocenters. The molecule has 1 amide bonds. The van der Waals surface area contributed by atoms with Gasteiger partial charge in [-0.15, -0.1) is 0 Å². The van der Waals surface area contributed by atoms with Crippen molar-refractivity contribution >= 4 is 22.8 Å². The highest BCUT2D eigenvalue weighted by atomic mass is 16.5. The van der Waals surface area contributed by atoms with Crippen LogP contribution in [0.25, 0.3) is 11.2 Å². The SMILES string of the molecule is Cc1ccc(C(=O)N2CCC(c3ccnc4nc(C5CNCCO5)[nH]c34)CC2)c(N)c1. The number of aromatic amines is 1. The predicted octanol–water partition coefficient (Wildman–Crippen LogP) is 2.53. The number of benzene rings is 1. The fraction of sp³-hybridized carbons (Fsp3) is 0.435. The number of imidazole rings is 1. The maximum Gasteiger partial charge on any atom is 0.255 e. The summed E-state index contributed by atoms with van der Waals surface area (Å²) in [5.74, 6) is 1.19. The van der Waals surface area contributed by atoms with Crippen LogP contribution in [-0.2, 0) is 4.74 Å². The van der Waals surface area contributed by atoms with E-state index in [4.69, 9.17) is 10.5 Å². The summed E-state index contributed by atoms with van der Waals surface area (Å²) in [7, 11) is 0. The molecule has 0 radical (unpaired) electrons. The molecule has 0 saturated carbocycles. The first-order chi connectivity index (χ1) is 15.1. The zero-order chi connectivity index (χ0) is 21.4. The van der Waals surface area contributed by atoms with E-state index in [-0.39, 0.29) is 12.0 Å². The van der Waals surface area contributed by atoms with Crippen LogP contribution in [0.1, 0.15) is 52.2 Å². The highest BCUT2D eigenvalue weighted by Gasteiger charge is 2.28. The van der Waals surface area contributed by atoms with E-state index < -0.39 is 0 Å². The Balaban J connectivity index is 1.32. The smallest absolute Gasteiger partial charge is 0.255 e. The third-order valence-corrected chi connectivity index (χ3v) is 6.33. The van der Waals surface area contributed by atoms with E-state index in [1.165, 1.54) is 5.56 Å². The topological polar surface area (TPSA) is 109 Å². The van der Waals surface area contributed by atoms with Crippen molar-refractivity contribution in [1.29, 1.82) is 0 Å². The average Bonchev–Trinajstić information content (AvgIpc) is 3.24. The van der Waals surface area contributed by atoms with Crippen molar-refractivity contribution in [2.45, 2.75) is 31.8 Å². The molecule has 4 heterocycles. The molecular weight excluding hydrogens is 392 g/mol. The second-order valence-corrected chi connectivity index (χ2v) is 8.44. The predicted molar refractivity (Wildman–Crippen MR) is 119 cm³/mol. The lowest BCUT2D eigenvalue weighted by Gasteiger charge is -2.32. The van der Waals surface area contributed by atoms with Gasteiger partial charge in [0.05, 0.1) is 17.7 Å². The summed E-state index contributed by atoms with van der Waals surface area (Å²) in [4.78, 5) is 27.5. The summed E-state index contributed by atoms with van der Waals surface area (Å²) in [6.45, 7) is 5.68. The summed E-state index contributed by atoms with van der Waals surface area (Å²) in [6.07, 6.45) is 3.54. The van der Waals surface area contributed by atoms with Crippen molar-refractivity contribution < 1.29 is 9.53 Å². The number of nitrogens with one attached hydrogen (secondary N) is 2. The van der Waals surface area contributed by atoms with E-state index in [1.807, 2.05) is 36.2 Å². The second-order valence-electron chi connectivity index (χ2n) is 8.44. The van der Waals surface area contributed by atoms with Gasteiger partial charge in [0, 0.05) is 38.1 Å². The number of anilines is 1. The van der Waals surface area contributed by atoms with Crippen LogP contribution >= 0.6 is 0 Å². The van der Waals surface area contributed by atoms with Crippen molar-refractivity contribution in [3.8, 4) is 0 Å². The maximum atomic E-state index is 13.0. The van der Waals surface area contributed by atoms with Gasteiger partial charge in [0.25, 0.3) is 5.91 Å². The summed E-state index contributed by atoms with van der Waals surface area (Å²) >= 11 is 0. The van der Waals surface area contributed by atoms with E-state index in [1.54, 1.807) is 0 Å². The molecule has 0 spiro atoms. The van der Waals surface area contributed by atoms with Crippen LogP contribution in [0.2, 0.25) is 0 Å². The van der Waals surface area contributed by atoms with Crippen molar-refractivity contribution in [3.05, 3.63) is 53.0 Å². The Morgan fingerprint density at radius 3 is 2.84 bits per heavy atom. The number of rotatable bonds is 3. The van der Waals surface area contributed by atoms with Gasteiger partial charge in [0.15, 0.2) is 5.65 Å². The van der Waals surface area contributed by atoms with Crippen LogP contribution in [0, 0.1) is 6.92 Å². The van der Waals surface area contributed by atoms with Crippen LogP contribution in [0.5, 0.6) is 0 Å². The molecule has 2 aliphatic heterocycles. The number of pyridine rings is 1. The first kappa shape index (κ1) is 20.0. The molecule has 1 aromatic carbocycles. The van der Waals surface area contributed by atoms with Gasteiger partial charge < -0.3 is 25.7 Å². The number of aryl methyl sites for hydroxylation is 1. The molecule has 8 nitrogen and oxygen atoms in total. The van der Waals surface area contributed by atoms with Gasteiger partial charge in [0.2, 0.25) is 0 Å². The molecule has 2 aromatic heterocycles. The zero-order valence-electron chi connectivity index (χ0n) is 17.7. The molecule has 2 aliphatic rings. The van der Waals surface area contributed by atoms with E-state index in [0.29, 0.717) is 36.9 Å². The summed E-state index contributed by atoms with van der Waals surface area (Å²) < 4.78 is 5.84. The van der Waals surface area contributed by atoms with Gasteiger partial charge in [0.1, 0.15) is 11.9 Å². The number of hydrogen-bond acceptors (Lipinski definition) is 6. The standard InChI is InChI=1S/C23H28N6O2/c1-14-2-3-17(18(24)12-14)23(30)29-9-5-15(6-10-29)16-4-7-26-22-20(16)27-21(28-22)19-13-25-8-11-31-19/h2-4,7,12,15,19,25H,5-6,8-11,13,24H2,1H3,(H,26,27,28). The maximum absolute atomic E-state index is 13.0. The van der Waals surface area contributed by atoms with Crippen LogP contribution < -0.4 is 11.1 Å². The largest absolute Gasteiger partial charge is 0.398 e. The fourth-order valence-electron chi connectivity index (χ4n) is 4.62. The first-order valence-electron chi connectivity index (χ1n) is 10.9. The van der Waals surface area contributed by atoms with Crippen LogP contribution in [-0.4, -0.2) is 58.5 Å². The number of fused-ring (bicyclic) bond motifs is 1. The van der Waals surface area contributed by atoms with E-state index in [2.05, 4.69) is 26.3 Å². The number of carbonyl (C=O) groups is 1. The van der Waals surface area contributed by atoms with Crippen LogP contribution in [0.4, 0.5) is 5.69 Å². The third-order valence-electron chi connectivity index (χ3n) is 6.33. The number of morpholine rings is 1.